The summed E-state index contributed by atoms with van der Waals surface area (Å²) in [7, 11) is 1.62. The number of hydrogen-bond donors (Lipinski definition) is 2. The molecule has 8 heteroatoms. The van der Waals surface area contributed by atoms with Gasteiger partial charge in [0.1, 0.15) is 6.61 Å². The molecule has 0 heterocycles. The Morgan fingerprint density at radius 2 is 1.93 bits per heavy atom. The summed E-state index contributed by atoms with van der Waals surface area (Å²) in [4.78, 5) is 15.1. The first-order chi connectivity index (χ1) is 12.9. The number of halogens is 2. The molecule has 1 aliphatic rings. The maximum atomic E-state index is 12.8. The predicted molar refractivity (Wildman–Crippen MR) is 124 cm³/mol. The zero-order chi connectivity index (χ0) is 19.9. The Kier molecular flexibility index (Phi) is 12.6. The van der Waals surface area contributed by atoms with Crippen LogP contribution >= 0.6 is 24.8 Å². The summed E-state index contributed by atoms with van der Waals surface area (Å²) < 4.78 is 11.3. The van der Waals surface area contributed by atoms with E-state index in [-0.39, 0.29) is 36.6 Å². The van der Waals surface area contributed by atoms with Gasteiger partial charge in [-0.2, -0.15) is 0 Å². The molecule has 3 N–H and O–H groups in total. The zero-order valence-electron chi connectivity index (χ0n) is 18.0. The number of benzene rings is 1. The molecule has 0 saturated heterocycles. The highest BCUT2D eigenvalue weighted by Gasteiger charge is 2.37. The topological polar surface area (TPSA) is 76.8 Å². The summed E-state index contributed by atoms with van der Waals surface area (Å²) in [6, 6.07) is 5.49. The van der Waals surface area contributed by atoms with E-state index in [9.17, 15) is 4.79 Å². The van der Waals surface area contributed by atoms with Crippen molar-refractivity contribution in [3.05, 3.63) is 18.2 Å². The second kappa shape index (κ2) is 13.2. The lowest BCUT2D eigenvalue weighted by molar-refractivity contribution is -0.122. The van der Waals surface area contributed by atoms with E-state index >= 15 is 0 Å². The van der Waals surface area contributed by atoms with Gasteiger partial charge in [-0.05, 0) is 45.0 Å². The van der Waals surface area contributed by atoms with E-state index in [0.29, 0.717) is 23.8 Å². The number of nitrogens with two attached hydrogens (primary N) is 1. The van der Waals surface area contributed by atoms with Crippen molar-refractivity contribution in [2.24, 2.45) is 11.7 Å². The van der Waals surface area contributed by atoms with Gasteiger partial charge < -0.3 is 25.4 Å². The van der Waals surface area contributed by atoms with Gasteiger partial charge in [0.15, 0.2) is 11.5 Å². The molecule has 0 aliphatic heterocycles. The predicted octanol–water partition coefficient (Wildman–Crippen LogP) is 4.11. The van der Waals surface area contributed by atoms with Crippen molar-refractivity contribution in [2.75, 3.05) is 38.7 Å². The molecular weight excluding hydrogens is 413 g/mol. The van der Waals surface area contributed by atoms with E-state index in [0.717, 1.165) is 45.3 Å². The summed E-state index contributed by atoms with van der Waals surface area (Å²) in [6.45, 7) is 9.65. The van der Waals surface area contributed by atoms with Gasteiger partial charge in [-0.25, -0.2) is 0 Å². The van der Waals surface area contributed by atoms with E-state index in [1.165, 1.54) is 0 Å². The maximum Gasteiger partial charge on any atom is 0.229 e. The lowest BCUT2D eigenvalue weighted by atomic mass is 9.74. The van der Waals surface area contributed by atoms with Gasteiger partial charge in [0, 0.05) is 23.8 Å². The number of nitrogens with one attached hydrogen (secondary N) is 1. The van der Waals surface area contributed by atoms with Gasteiger partial charge in [-0.3, -0.25) is 4.79 Å². The Morgan fingerprint density at radius 1 is 1.24 bits per heavy atom. The van der Waals surface area contributed by atoms with Crippen molar-refractivity contribution < 1.29 is 14.3 Å². The lowest BCUT2D eigenvalue weighted by Crippen LogP contribution is -2.51. The summed E-state index contributed by atoms with van der Waals surface area (Å²) >= 11 is 0. The van der Waals surface area contributed by atoms with E-state index in [1.807, 2.05) is 25.1 Å². The number of anilines is 1. The third-order valence-electron chi connectivity index (χ3n) is 5.56. The Bertz CT molecular complexity index is 625. The molecule has 1 aromatic carbocycles. The molecule has 1 saturated carbocycles. The molecule has 29 heavy (non-hydrogen) atoms. The largest absolute Gasteiger partial charge is 0.493 e. The summed E-state index contributed by atoms with van der Waals surface area (Å²) in [5.74, 6) is 1.12. The number of amides is 1. The average molecular weight is 450 g/mol. The van der Waals surface area contributed by atoms with E-state index in [4.69, 9.17) is 15.2 Å². The van der Waals surface area contributed by atoms with Crippen LogP contribution in [0.4, 0.5) is 5.69 Å². The zero-order valence-corrected chi connectivity index (χ0v) is 19.7. The normalized spacial score (nSPS) is 21.0. The molecule has 0 bridgehead atoms. The Balaban J connectivity index is 0.00000392. The molecular formula is C21H37Cl2N3O3. The standard InChI is InChI=1S/C21H35N3O3.2ClH/c1-5-24(6-2)13-14-27-19-15-16(10-11-18(19)26-4)23-20(25)17-9-7-8-12-21(17,3)22;;/h10-11,15,17H,5-9,12-14,22H2,1-4H3,(H,23,25);2*1H. The van der Waals surface area contributed by atoms with Gasteiger partial charge >= 0.3 is 0 Å². The fourth-order valence-corrected chi connectivity index (χ4v) is 3.71. The molecule has 6 nitrogen and oxygen atoms in total. The molecule has 2 unspecified atom stereocenters. The van der Waals surface area contributed by atoms with Crippen LogP contribution in [0.3, 0.4) is 0 Å². The van der Waals surface area contributed by atoms with E-state index in [2.05, 4.69) is 24.1 Å². The molecule has 1 amide bonds. The Morgan fingerprint density at radius 3 is 2.52 bits per heavy atom. The minimum Gasteiger partial charge on any atom is -0.493 e. The van der Waals surface area contributed by atoms with Crippen molar-refractivity contribution in [1.29, 1.82) is 0 Å². The summed E-state index contributed by atoms with van der Waals surface area (Å²) in [6.07, 6.45) is 3.85. The number of methoxy groups -OCH3 is 1. The molecule has 2 rings (SSSR count). The lowest BCUT2D eigenvalue weighted by Gasteiger charge is -2.37. The van der Waals surface area contributed by atoms with Crippen molar-refractivity contribution in [3.8, 4) is 11.5 Å². The van der Waals surface area contributed by atoms with Crippen LogP contribution in [0.15, 0.2) is 18.2 Å². The molecule has 0 aromatic heterocycles. The van der Waals surface area contributed by atoms with Gasteiger partial charge in [-0.15, -0.1) is 24.8 Å². The van der Waals surface area contributed by atoms with Gasteiger partial charge in [-0.1, -0.05) is 26.7 Å². The monoisotopic (exact) mass is 449 g/mol. The fraction of sp³-hybridized carbons (Fsp3) is 0.667. The summed E-state index contributed by atoms with van der Waals surface area (Å²) in [5.41, 5.74) is 6.62. The first-order valence-corrected chi connectivity index (χ1v) is 10.0. The second-order valence-corrected chi connectivity index (χ2v) is 7.53. The Hall–Kier alpha value is -1.21. The number of likely N-dealkylation sites (N-methyl/N-ethyl adjacent to an activating group) is 1. The molecule has 2 atom stereocenters. The highest BCUT2D eigenvalue weighted by atomic mass is 35.5. The molecule has 0 spiro atoms. The third kappa shape index (κ3) is 7.85. The van der Waals surface area contributed by atoms with Crippen LogP contribution in [0.1, 0.15) is 46.5 Å². The number of carbonyl (C=O) groups excluding carboxylic acids is 1. The molecule has 1 aromatic rings. The van der Waals surface area contributed by atoms with Crippen LogP contribution in [0.2, 0.25) is 0 Å². The molecule has 1 aliphatic carbocycles. The SMILES string of the molecule is CCN(CC)CCOc1cc(NC(=O)C2CCCCC2(C)N)ccc1OC.Cl.Cl. The van der Waals surface area contributed by atoms with Crippen molar-refractivity contribution in [1.82, 2.24) is 4.90 Å². The van der Waals surface area contributed by atoms with Crippen LogP contribution < -0.4 is 20.5 Å². The van der Waals surface area contributed by atoms with Crippen LogP contribution in [0.5, 0.6) is 11.5 Å². The van der Waals surface area contributed by atoms with Gasteiger partial charge in [0.25, 0.3) is 0 Å². The minimum absolute atomic E-state index is 0. The first kappa shape index (κ1) is 27.8. The van der Waals surface area contributed by atoms with Crippen LogP contribution in [-0.2, 0) is 4.79 Å². The number of rotatable bonds is 9. The van der Waals surface area contributed by atoms with E-state index < -0.39 is 5.54 Å². The quantitative estimate of drug-likeness (QED) is 0.592. The molecule has 0 radical (unpaired) electrons. The van der Waals surface area contributed by atoms with Crippen molar-refractivity contribution >= 4 is 36.4 Å². The van der Waals surface area contributed by atoms with Crippen LogP contribution in [0, 0.1) is 5.92 Å². The van der Waals surface area contributed by atoms with Crippen molar-refractivity contribution in [2.45, 2.75) is 52.0 Å². The molecule has 1 fully saturated rings. The number of carbonyl (C=O) groups is 1. The Labute approximate surface area is 187 Å². The van der Waals surface area contributed by atoms with Crippen molar-refractivity contribution in [3.63, 3.8) is 0 Å². The fourth-order valence-electron chi connectivity index (χ4n) is 3.71. The second-order valence-electron chi connectivity index (χ2n) is 7.53. The maximum absolute atomic E-state index is 12.8. The van der Waals surface area contributed by atoms with Gasteiger partial charge in [0.2, 0.25) is 5.91 Å². The third-order valence-corrected chi connectivity index (χ3v) is 5.56. The van der Waals surface area contributed by atoms with E-state index in [1.54, 1.807) is 7.11 Å². The highest BCUT2D eigenvalue weighted by Crippen LogP contribution is 2.34. The first-order valence-electron chi connectivity index (χ1n) is 10.0. The smallest absolute Gasteiger partial charge is 0.229 e. The highest BCUT2D eigenvalue weighted by molar-refractivity contribution is 5.93. The minimum atomic E-state index is -0.447. The number of ether oxygens (including phenoxy) is 2. The van der Waals surface area contributed by atoms with Gasteiger partial charge in [0.05, 0.1) is 13.0 Å². The van der Waals surface area contributed by atoms with Crippen LogP contribution in [0.25, 0.3) is 0 Å². The summed E-state index contributed by atoms with van der Waals surface area (Å²) in [5, 5.41) is 3.02. The molecule has 168 valence electrons. The average Bonchev–Trinajstić information content (AvgIpc) is 2.65. The van der Waals surface area contributed by atoms with Crippen LogP contribution in [-0.4, -0.2) is 49.7 Å². The number of hydrogen-bond acceptors (Lipinski definition) is 5. The number of nitrogens with zero attached hydrogens (tertiary/aromatic N) is 1.